The summed E-state index contributed by atoms with van der Waals surface area (Å²) in [4.78, 5) is 15.4. The summed E-state index contributed by atoms with van der Waals surface area (Å²) in [5, 5.41) is 8.92. The van der Waals surface area contributed by atoms with Crippen molar-refractivity contribution in [1.29, 1.82) is 0 Å². The normalized spacial score (nSPS) is 14.1. The lowest BCUT2D eigenvalue weighted by Gasteiger charge is -2.23. The first-order valence-electron chi connectivity index (χ1n) is 16.0. The minimum absolute atomic E-state index is 0.0895. The van der Waals surface area contributed by atoms with E-state index in [2.05, 4.69) is 66.0 Å². The monoisotopic (exact) mass is 618 g/mol. The quantitative estimate of drug-likeness (QED) is 0.211. The number of hydrogen-bond acceptors (Lipinski definition) is 6. The molecule has 1 aliphatic rings. The molecule has 226 valence electrons. The third-order valence-electron chi connectivity index (χ3n) is 9.27. The fourth-order valence-corrected chi connectivity index (χ4v) is 7.12. The van der Waals surface area contributed by atoms with Crippen LogP contribution in [0.15, 0.2) is 148 Å². The van der Waals surface area contributed by atoms with E-state index in [1.165, 1.54) is 0 Å². The van der Waals surface area contributed by atoms with Gasteiger partial charge in [0.2, 0.25) is 0 Å². The molecular formula is C42H26N4O2. The zero-order valence-electron chi connectivity index (χ0n) is 25.6. The summed E-state index contributed by atoms with van der Waals surface area (Å²) in [6, 6.07) is 45.2. The van der Waals surface area contributed by atoms with Gasteiger partial charge in [-0.25, -0.2) is 15.0 Å². The molecule has 4 heterocycles. The van der Waals surface area contributed by atoms with Crippen LogP contribution in [0.5, 0.6) is 0 Å². The van der Waals surface area contributed by atoms with Gasteiger partial charge in [-0.3, -0.25) is 0 Å². The minimum Gasteiger partial charge on any atom is -0.456 e. The van der Waals surface area contributed by atoms with E-state index in [1.807, 2.05) is 85.1 Å². The van der Waals surface area contributed by atoms with Crippen LogP contribution in [-0.2, 0) is 0 Å². The molecule has 6 heteroatoms. The predicted octanol–water partition coefficient (Wildman–Crippen LogP) is 10.3. The van der Waals surface area contributed by atoms with Gasteiger partial charge in [0.25, 0.3) is 0 Å². The van der Waals surface area contributed by atoms with Gasteiger partial charge in [0.05, 0.1) is 6.04 Å². The lowest BCUT2D eigenvalue weighted by Crippen LogP contribution is -2.20. The molecule has 10 rings (SSSR count). The number of nitrogens with one attached hydrogen (secondary N) is 1. The summed E-state index contributed by atoms with van der Waals surface area (Å²) >= 11 is 0. The van der Waals surface area contributed by atoms with Gasteiger partial charge in [-0.05, 0) is 40.6 Å². The van der Waals surface area contributed by atoms with Crippen LogP contribution in [0.2, 0.25) is 0 Å². The maximum atomic E-state index is 6.25. The van der Waals surface area contributed by atoms with E-state index in [0.717, 1.165) is 77.3 Å². The molecule has 0 aliphatic carbocycles. The van der Waals surface area contributed by atoms with Gasteiger partial charge in [0, 0.05) is 44.6 Å². The van der Waals surface area contributed by atoms with E-state index in [9.17, 15) is 0 Å². The highest BCUT2D eigenvalue weighted by molar-refractivity contribution is 6.12. The van der Waals surface area contributed by atoms with Crippen molar-refractivity contribution >= 4 is 49.8 Å². The molecule has 0 saturated heterocycles. The molecule has 0 fully saturated rings. The topological polar surface area (TPSA) is 77.0 Å². The van der Waals surface area contributed by atoms with Gasteiger partial charge in [-0.1, -0.05) is 115 Å². The van der Waals surface area contributed by atoms with E-state index < -0.39 is 0 Å². The highest BCUT2D eigenvalue weighted by Gasteiger charge is 2.27. The number of furan rings is 2. The average molecular weight is 619 g/mol. The number of nitrogens with zero attached hydrogens (tertiary/aromatic N) is 3. The average Bonchev–Trinajstić information content (AvgIpc) is 3.73. The van der Waals surface area contributed by atoms with Crippen molar-refractivity contribution in [3.8, 4) is 34.2 Å². The number of rotatable bonds is 4. The summed E-state index contributed by atoms with van der Waals surface area (Å²) < 4.78 is 12.5. The van der Waals surface area contributed by atoms with Crippen molar-refractivity contribution in [3.05, 3.63) is 157 Å². The first kappa shape index (κ1) is 26.7. The molecule has 48 heavy (non-hydrogen) atoms. The van der Waals surface area contributed by atoms with Crippen molar-refractivity contribution in [2.45, 2.75) is 6.04 Å². The fraction of sp³-hybridized carbons (Fsp3) is 0.0238. The zero-order valence-corrected chi connectivity index (χ0v) is 25.6. The Hall–Kier alpha value is -6.53. The van der Waals surface area contributed by atoms with Crippen LogP contribution in [0.4, 0.5) is 0 Å². The fourth-order valence-electron chi connectivity index (χ4n) is 7.12. The Morgan fingerprint density at radius 1 is 0.479 bits per heavy atom. The van der Waals surface area contributed by atoms with E-state index >= 15 is 0 Å². The molecular weight excluding hydrogens is 592 g/mol. The van der Waals surface area contributed by atoms with Crippen molar-refractivity contribution in [3.63, 3.8) is 0 Å². The molecule has 3 aromatic heterocycles. The highest BCUT2D eigenvalue weighted by Crippen LogP contribution is 2.42. The summed E-state index contributed by atoms with van der Waals surface area (Å²) in [6.07, 6.45) is 3.98. The molecule has 9 aromatic rings. The number of para-hydroxylation sites is 2. The van der Waals surface area contributed by atoms with E-state index in [-0.39, 0.29) is 6.04 Å². The molecule has 6 nitrogen and oxygen atoms in total. The molecule has 0 radical (unpaired) electrons. The Balaban J connectivity index is 1.20. The van der Waals surface area contributed by atoms with Crippen LogP contribution in [0.3, 0.4) is 0 Å². The summed E-state index contributed by atoms with van der Waals surface area (Å²) in [5.41, 5.74) is 7.56. The Labute approximate surface area is 275 Å². The molecule has 6 aromatic carbocycles. The van der Waals surface area contributed by atoms with Crippen LogP contribution in [0.25, 0.3) is 83.9 Å². The summed E-state index contributed by atoms with van der Waals surface area (Å²) in [5.74, 6) is 2.70. The number of fused-ring (bicyclic) bond motifs is 7. The van der Waals surface area contributed by atoms with Gasteiger partial charge in [0.1, 0.15) is 22.5 Å². The van der Waals surface area contributed by atoms with Gasteiger partial charge in [-0.15, -0.1) is 0 Å². The smallest absolute Gasteiger partial charge is 0.164 e. The van der Waals surface area contributed by atoms with Crippen molar-refractivity contribution < 1.29 is 8.83 Å². The molecule has 1 aliphatic heterocycles. The molecule has 0 spiro atoms. The van der Waals surface area contributed by atoms with Crippen LogP contribution < -0.4 is 5.32 Å². The molecule has 0 bridgehead atoms. The molecule has 0 saturated carbocycles. The second kappa shape index (κ2) is 10.5. The number of hydrogen-bond donors (Lipinski definition) is 1. The Morgan fingerprint density at radius 3 is 1.96 bits per heavy atom. The van der Waals surface area contributed by atoms with E-state index in [1.54, 1.807) is 0 Å². The van der Waals surface area contributed by atoms with Gasteiger partial charge >= 0.3 is 0 Å². The largest absolute Gasteiger partial charge is 0.456 e. The first-order chi connectivity index (χ1) is 23.8. The predicted molar refractivity (Wildman–Crippen MR) is 191 cm³/mol. The Morgan fingerprint density at radius 2 is 1.12 bits per heavy atom. The molecule has 1 N–H and O–H groups in total. The third kappa shape index (κ3) is 4.09. The lowest BCUT2D eigenvalue weighted by molar-refractivity contribution is 0.582. The first-order valence-corrected chi connectivity index (χ1v) is 16.0. The van der Waals surface area contributed by atoms with Crippen LogP contribution in [-0.4, -0.2) is 15.0 Å². The highest BCUT2D eigenvalue weighted by atomic mass is 16.3. The standard InChI is InChI=1S/C42H26N4O2/c1-2-11-25(12-3-1)40-44-41(46-42(45-40)32-17-10-20-35-37(32)30-15-6-8-18-33(30)47-35)29-22-21-28(26-13-4-5-14-27(26)29)39-38-31-16-7-9-19-34(31)48-36(38)23-24-43-39/h1-24,39,43H. The van der Waals surface area contributed by atoms with Crippen molar-refractivity contribution in [2.75, 3.05) is 0 Å². The van der Waals surface area contributed by atoms with Crippen LogP contribution in [0.1, 0.15) is 22.9 Å². The molecule has 0 amide bonds. The number of benzene rings is 6. The summed E-state index contributed by atoms with van der Waals surface area (Å²) in [7, 11) is 0. The molecule has 1 unspecified atom stereocenters. The minimum atomic E-state index is -0.0895. The second-order valence-corrected chi connectivity index (χ2v) is 12.0. The molecule has 1 atom stereocenters. The van der Waals surface area contributed by atoms with E-state index in [4.69, 9.17) is 23.8 Å². The third-order valence-corrected chi connectivity index (χ3v) is 9.27. The van der Waals surface area contributed by atoms with Crippen LogP contribution >= 0.6 is 0 Å². The maximum absolute atomic E-state index is 6.25. The summed E-state index contributed by atoms with van der Waals surface area (Å²) in [6.45, 7) is 0. The Bertz CT molecular complexity index is 2720. The zero-order chi connectivity index (χ0) is 31.6. The lowest BCUT2D eigenvalue weighted by atomic mass is 9.89. The van der Waals surface area contributed by atoms with E-state index in [0.29, 0.717) is 17.5 Å². The SMILES string of the molecule is C1=Cc2oc3ccccc3c2C(c2ccc(-c3nc(-c4ccccc4)nc(-c4cccc5oc6ccccc6c45)n3)c3ccccc23)N1. The second-order valence-electron chi connectivity index (χ2n) is 12.0. The van der Waals surface area contributed by atoms with Gasteiger partial charge < -0.3 is 14.2 Å². The van der Waals surface area contributed by atoms with Gasteiger partial charge in [-0.2, -0.15) is 0 Å². The van der Waals surface area contributed by atoms with Crippen molar-refractivity contribution in [1.82, 2.24) is 20.3 Å². The number of aromatic nitrogens is 3. The Kier molecular flexibility index (Phi) is 5.84. The van der Waals surface area contributed by atoms with Crippen LogP contribution in [0, 0.1) is 0 Å². The van der Waals surface area contributed by atoms with Gasteiger partial charge in [0.15, 0.2) is 17.5 Å². The van der Waals surface area contributed by atoms with Crippen molar-refractivity contribution in [2.24, 2.45) is 0 Å². The maximum Gasteiger partial charge on any atom is 0.164 e.